The molecule has 7 atom stereocenters. The molecule has 3 aromatic carbocycles. The molecule has 3 amide bonds. The molecule has 2 bridgehead atoms. The molecule has 1 aromatic heterocycles. The van der Waals surface area contributed by atoms with Crippen LogP contribution in [0.5, 0.6) is 5.75 Å². The maximum Gasteiger partial charge on any atom is 0.305 e. The first-order valence-corrected chi connectivity index (χ1v) is 17.0. The predicted molar refractivity (Wildman–Crippen MR) is 174 cm³/mol. The summed E-state index contributed by atoms with van der Waals surface area (Å²) in [4.78, 5) is 58.2. The molecular formula is C34H28ClN3O5S2. The number of aromatic nitrogens is 1. The number of aromatic amines is 1. The summed E-state index contributed by atoms with van der Waals surface area (Å²) in [6, 6.07) is 22.1. The van der Waals surface area contributed by atoms with E-state index in [4.69, 9.17) is 16.3 Å². The Kier molecular flexibility index (Phi) is 6.92. The molecule has 1 saturated heterocycles. The van der Waals surface area contributed by atoms with Gasteiger partial charge >= 0.3 is 4.87 Å². The van der Waals surface area contributed by atoms with Crippen LogP contribution in [0, 0.1) is 36.5 Å². The van der Waals surface area contributed by atoms with Crippen LogP contribution < -0.4 is 19.8 Å². The van der Waals surface area contributed by atoms with Crippen molar-refractivity contribution in [2.75, 3.05) is 16.8 Å². The number of anilines is 2. The molecule has 8 nitrogen and oxygen atoms in total. The molecule has 4 aliphatic rings. The standard InChI is InChI=1S/C34H28ClN3O5S2/c1-16-5-9-19(10-6-16)36-24(39)15-43-21-4-2-3-17(13-21)25-26-22-14-23(29(26)44-31-30(25)45-34(42)37-31)28-27(22)32(40)38(33(28)41)20-11-7-18(35)8-12-20/h2-13,22-23,25-29H,14-15H2,1H3,(H,36,39)(H,37,42)/t22-,23-,25-,26?,27?,28?,29?/m1/s1. The summed E-state index contributed by atoms with van der Waals surface area (Å²) < 4.78 is 5.94. The summed E-state index contributed by atoms with van der Waals surface area (Å²) in [5, 5.41) is 4.32. The van der Waals surface area contributed by atoms with Crippen molar-refractivity contribution in [3.63, 3.8) is 0 Å². The smallest absolute Gasteiger partial charge is 0.305 e. The van der Waals surface area contributed by atoms with Gasteiger partial charge in [-0.3, -0.25) is 24.1 Å². The van der Waals surface area contributed by atoms with E-state index in [-0.39, 0.29) is 64.0 Å². The Morgan fingerprint density at radius 1 is 1.00 bits per heavy atom. The molecule has 3 heterocycles. The molecule has 2 aliphatic carbocycles. The molecular weight excluding hydrogens is 630 g/mol. The summed E-state index contributed by atoms with van der Waals surface area (Å²) in [6.45, 7) is 1.83. The van der Waals surface area contributed by atoms with Gasteiger partial charge in [-0.2, -0.15) is 0 Å². The molecule has 4 unspecified atom stereocenters. The Hall–Kier alpha value is -3.86. The van der Waals surface area contributed by atoms with Gasteiger partial charge in [0.05, 0.1) is 22.5 Å². The van der Waals surface area contributed by atoms with Crippen LogP contribution in [0.4, 0.5) is 11.4 Å². The van der Waals surface area contributed by atoms with Gasteiger partial charge in [-0.15, -0.1) is 11.8 Å². The Balaban J connectivity index is 1.08. The average molecular weight is 658 g/mol. The SMILES string of the molecule is Cc1ccc(NC(=O)COc2cccc([C@H]3c4sc(=O)[nH]c4SC4C3[C@H]3C[C@@H]4C4C(=O)N(c5ccc(Cl)cc5)C(=O)C43)c2)cc1. The van der Waals surface area contributed by atoms with E-state index in [9.17, 15) is 19.2 Å². The minimum absolute atomic E-state index is 0.00790. The number of carbonyl (C=O) groups excluding carboxylic acids is 3. The Morgan fingerprint density at radius 3 is 2.49 bits per heavy atom. The maximum absolute atomic E-state index is 13.9. The zero-order valence-electron chi connectivity index (χ0n) is 24.1. The number of carbonyl (C=O) groups is 3. The minimum Gasteiger partial charge on any atom is -0.484 e. The van der Waals surface area contributed by atoms with Gasteiger partial charge in [0.2, 0.25) is 11.8 Å². The number of nitrogens with zero attached hydrogens (tertiary/aromatic N) is 1. The number of rotatable bonds is 6. The second-order valence-electron chi connectivity index (χ2n) is 12.2. The number of benzene rings is 3. The van der Waals surface area contributed by atoms with Gasteiger partial charge in [-0.05, 0) is 85.2 Å². The van der Waals surface area contributed by atoms with E-state index in [1.807, 2.05) is 55.5 Å². The summed E-state index contributed by atoms with van der Waals surface area (Å²) in [7, 11) is 0. The van der Waals surface area contributed by atoms with E-state index < -0.39 is 5.92 Å². The van der Waals surface area contributed by atoms with Crippen molar-refractivity contribution in [1.29, 1.82) is 0 Å². The van der Waals surface area contributed by atoms with Crippen molar-refractivity contribution in [3.05, 3.63) is 103 Å². The zero-order valence-corrected chi connectivity index (χ0v) is 26.5. The quantitative estimate of drug-likeness (QED) is 0.243. The fraction of sp³-hybridized carbons (Fsp3) is 0.294. The van der Waals surface area contributed by atoms with Gasteiger partial charge in [0.15, 0.2) is 6.61 Å². The monoisotopic (exact) mass is 657 g/mol. The molecule has 2 N–H and O–H groups in total. The number of fused-ring (bicyclic) bond motifs is 9. The van der Waals surface area contributed by atoms with Crippen molar-refractivity contribution < 1.29 is 19.1 Å². The lowest BCUT2D eigenvalue weighted by Crippen LogP contribution is -2.42. The number of amides is 3. The van der Waals surface area contributed by atoms with E-state index in [0.717, 1.165) is 27.5 Å². The highest BCUT2D eigenvalue weighted by atomic mass is 35.5. The van der Waals surface area contributed by atoms with Crippen LogP contribution in [0.1, 0.15) is 28.3 Å². The first kappa shape index (κ1) is 28.6. The number of H-pyrrole nitrogens is 1. The first-order valence-electron chi connectivity index (χ1n) is 14.9. The van der Waals surface area contributed by atoms with Crippen molar-refractivity contribution in [2.24, 2.45) is 29.6 Å². The van der Waals surface area contributed by atoms with Gasteiger partial charge in [-0.1, -0.05) is 52.8 Å². The zero-order chi connectivity index (χ0) is 31.0. The van der Waals surface area contributed by atoms with E-state index in [1.165, 1.54) is 16.2 Å². The molecule has 2 aliphatic heterocycles. The molecule has 0 radical (unpaired) electrons. The van der Waals surface area contributed by atoms with Crippen LogP contribution in [0.15, 0.2) is 82.6 Å². The third kappa shape index (κ3) is 4.73. The van der Waals surface area contributed by atoms with Crippen LogP contribution in [-0.4, -0.2) is 34.6 Å². The van der Waals surface area contributed by atoms with Crippen molar-refractivity contribution in [1.82, 2.24) is 4.98 Å². The lowest BCUT2D eigenvalue weighted by atomic mass is 9.68. The van der Waals surface area contributed by atoms with E-state index >= 15 is 0 Å². The average Bonchev–Trinajstić information content (AvgIpc) is 3.77. The van der Waals surface area contributed by atoms with E-state index in [0.29, 0.717) is 22.1 Å². The number of aryl methyl sites for hydroxylation is 1. The Labute approximate surface area is 272 Å². The number of thioether (sulfide) groups is 1. The lowest BCUT2D eigenvalue weighted by molar-refractivity contribution is -0.123. The molecule has 2 saturated carbocycles. The second kappa shape index (κ2) is 10.9. The van der Waals surface area contributed by atoms with Crippen LogP contribution >= 0.6 is 34.7 Å². The van der Waals surface area contributed by atoms with E-state index in [1.54, 1.807) is 36.0 Å². The summed E-state index contributed by atoms with van der Waals surface area (Å²) in [6.07, 6.45) is 0.800. The summed E-state index contributed by atoms with van der Waals surface area (Å²) in [5.74, 6) is -0.854. The molecule has 11 heteroatoms. The Bertz CT molecular complexity index is 1910. The highest BCUT2D eigenvalue weighted by Gasteiger charge is 2.69. The number of imide groups is 1. The third-order valence-corrected chi connectivity index (χ3v) is 12.6. The third-order valence-electron chi connectivity index (χ3n) is 9.73. The van der Waals surface area contributed by atoms with Crippen LogP contribution in [0.2, 0.25) is 5.02 Å². The van der Waals surface area contributed by atoms with Crippen LogP contribution in [-0.2, 0) is 14.4 Å². The van der Waals surface area contributed by atoms with Gasteiger partial charge in [0.25, 0.3) is 5.91 Å². The van der Waals surface area contributed by atoms with Crippen molar-refractivity contribution in [3.8, 4) is 5.75 Å². The molecule has 4 aromatic rings. The van der Waals surface area contributed by atoms with Crippen LogP contribution in [0.3, 0.4) is 0 Å². The topological polar surface area (TPSA) is 109 Å². The predicted octanol–water partition coefficient (Wildman–Crippen LogP) is 6.09. The fourth-order valence-electron chi connectivity index (χ4n) is 8.02. The molecule has 3 fully saturated rings. The number of thiazole rings is 1. The van der Waals surface area contributed by atoms with Crippen molar-refractivity contribution in [2.45, 2.75) is 29.5 Å². The molecule has 0 spiro atoms. The molecule has 45 heavy (non-hydrogen) atoms. The number of ether oxygens (including phenoxy) is 1. The lowest BCUT2D eigenvalue weighted by Gasteiger charge is -2.43. The normalized spacial score (nSPS) is 27.7. The number of hydrogen-bond acceptors (Lipinski definition) is 7. The van der Waals surface area contributed by atoms with Gasteiger partial charge in [0, 0.05) is 26.8 Å². The minimum atomic E-state index is -0.398. The second-order valence-corrected chi connectivity index (χ2v) is 14.9. The highest BCUT2D eigenvalue weighted by molar-refractivity contribution is 8.00. The summed E-state index contributed by atoms with van der Waals surface area (Å²) in [5.41, 5.74) is 3.32. The fourth-order valence-corrected chi connectivity index (χ4v) is 11.0. The largest absolute Gasteiger partial charge is 0.484 e. The Morgan fingerprint density at radius 2 is 1.73 bits per heavy atom. The van der Waals surface area contributed by atoms with Gasteiger partial charge < -0.3 is 15.0 Å². The number of hydrogen-bond donors (Lipinski definition) is 2. The summed E-state index contributed by atoms with van der Waals surface area (Å²) >= 11 is 8.95. The first-order chi connectivity index (χ1) is 21.8. The van der Waals surface area contributed by atoms with Crippen LogP contribution in [0.25, 0.3) is 0 Å². The van der Waals surface area contributed by atoms with Gasteiger partial charge in [0.1, 0.15) is 5.75 Å². The van der Waals surface area contributed by atoms with E-state index in [2.05, 4.69) is 10.3 Å². The maximum atomic E-state index is 13.9. The number of halogens is 1. The number of nitrogens with one attached hydrogen (secondary N) is 2. The van der Waals surface area contributed by atoms with Gasteiger partial charge in [-0.25, -0.2) is 0 Å². The molecule has 228 valence electrons. The van der Waals surface area contributed by atoms with Crippen molar-refractivity contribution >= 4 is 63.8 Å². The molecule has 8 rings (SSSR count). The highest BCUT2D eigenvalue weighted by Crippen LogP contribution is 2.68.